The van der Waals surface area contributed by atoms with Crippen molar-refractivity contribution in [1.29, 1.82) is 0 Å². The Labute approximate surface area is 108 Å². The van der Waals surface area contributed by atoms with Crippen molar-refractivity contribution < 1.29 is 51.4 Å². The number of hydrogen-bond acceptors (Lipinski definition) is 2. The summed E-state index contributed by atoms with van der Waals surface area (Å²) in [5, 5.41) is 2.53. The quantitative estimate of drug-likeness (QED) is 0.344. The Hall–Kier alpha value is 0.256. The predicted molar refractivity (Wildman–Crippen MR) is 39.1 cm³/mol. The van der Waals surface area contributed by atoms with Crippen LogP contribution >= 0.6 is 0 Å². The van der Waals surface area contributed by atoms with Crippen molar-refractivity contribution >= 4 is 0 Å². The van der Waals surface area contributed by atoms with Crippen LogP contribution in [0.5, 0.6) is 0 Å². The van der Waals surface area contributed by atoms with E-state index in [1.807, 2.05) is 30.3 Å². The van der Waals surface area contributed by atoms with Crippen molar-refractivity contribution in [2.24, 2.45) is 5.29 Å². The summed E-state index contributed by atoms with van der Waals surface area (Å²) >= 11 is 0. The maximum absolute atomic E-state index is 9.62. The van der Waals surface area contributed by atoms with E-state index in [2.05, 4.69) is 10.7 Å². The number of benzene rings is 1. The molecule has 0 amide bonds. The van der Waals surface area contributed by atoms with E-state index in [4.69, 9.17) is 0 Å². The fourth-order valence-corrected chi connectivity index (χ4v) is 0.719. The first-order valence-corrected chi connectivity index (χ1v) is 3.02. The average Bonchev–Trinajstić information content (AvgIpc) is 2.03. The van der Waals surface area contributed by atoms with E-state index in [0.29, 0.717) is 6.54 Å². The molecule has 0 saturated carbocycles. The van der Waals surface area contributed by atoms with Crippen molar-refractivity contribution in [3.8, 4) is 0 Å². The number of hydrogen-bond donors (Lipinski definition) is 1. The van der Waals surface area contributed by atoms with E-state index >= 15 is 0 Å². The molecule has 0 saturated heterocycles. The van der Waals surface area contributed by atoms with Gasteiger partial charge in [-0.3, -0.25) is 5.43 Å². The summed E-state index contributed by atoms with van der Waals surface area (Å²) in [7, 11) is 0. The molecular weight excluding hydrogens is 167 g/mol. The van der Waals surface area contributed by atoms with Crippen LogP contribution in [0.3, 0.4) is 0 Å². The van der Waals surface area contributed by atoms with E-state index in [1.54, 1.807) is 0 Å². The van der Waals surface area contributed by atoms with E-state index in [-0.39, 0.29) is 51.4 Å². The van der Waals surface area contributed by atoms with Gasteiger partial charge >= 0.3 is 51.4 Å². The number of nitroso groups, excluding NO2 is 1. The van der Waals surface area contributed by atoms with Crippen molar-refractivity contribution in [2.45, 2.75) is 6.54 Å². The Balaban J connectivity index is 0.000001000. The fraction of sp³-hybridized carbons (Fsp3) is 0.143. The van der Waals surface area contributed by atoms with Crippen molar-refractivity contribution in [1.82, 2.24) is 5.43 Å². The fourth-order valence-electron chi connectivity index (χ4n) is 0.719. The van der Waals surface area contributed by atoms with Crippen LogP contribution in [0.1, 0.15) is 5.56 Å². The zero-order chi connectivity index (χ0) is 7.23. The first-order valence-electron chi connectivity index (χ1n) is 3.02. The molecule has 0 atom stereocenters. The molecule has 3 nitrogen and oxygen atoms in total. The number of nitrogens with one attached hydrogen (secondary N) is 1. The van der Waals surface area contributed by atoms with Gasteiger partial charge in [0.2, 0.25) is 0 Å². The molecule has 0 heterocycles. The van der Waals surface area contributed by atoms with Crippen LogP contribution in [0.15, 0.2) is 35.6 Å². The summed E-state index contributed by atoms with van der Waals surface area (Å²) in [5.74, 6) is 0. The minimum atomic E-state index is 0. The number of nitrogens with zero attached hydrogens (tertiary/aromatic N) is 1. The molecule has 4 heteroatoms. The molecule has 0 spiro atoms. The minimum Gasteiger partial charge on any atom is -0.269 e. The first kappa shape index (κ1) is 11.3. The van der Waals surface area contributed by atoms with Gasteiger partial charge < -0.3 is 0 Å². The van der Waals surface area contributed by atoms with E-state index in [1.165, 1.54) is 0 Å². The number of rotatable bonds is 3. The smallest absolute Gasteiger partial charge is 0.269 e. The molecule has 52 valence electrons. The van der Waals surface area contributed by atoms with E-state index in [0.717, 1.165) is 5.56 Å². The van der Waals surface area contributed by atoms with Gasteiger partial charge in [0.25, 0.3) is 0 Å². The zero-order valence-corrected chi connectivity index (χ0v) is 9.57. The maximum atomic E-state index is 9.62. The van der Waals surface area contributed by atoms with E-state index < -0.39 is 0 Å². The second kappa shape index (κ2) is 6.94. The molecule has 0 aliphatic rings. The van der Waals surface area contributed by atoms with Crippen LogP contribution < -0.4 is 56.8 Å². The van der Waals surface area contributed by atoms with Crippen molar-refractivity contribution in [3.63, 3.8) is 0 Å². The van der Waals surface area contributed by atoms with Gasteiger partial charge in [-0.15, -0.1) is 4.91 Å². The molecule has 11 heavy (non-hydrogen) atoms. The van der Waals surface area contributed by atoms with Gasteiger partial charge in [-0.05, 0) is 5.56 Å². The maximum Gasteiger partial charge on any atom is 1.00 e. The van der Waals surface area contributed by atoms with Crippen molar-refractivity contribution in [3.05, 3.63) is 40.8 Å². The normalized spacial score (nSPS) is 8.00. The summed E-state index contributed by atoms with van der Waals surface area (Å²) in [5.41, 5.74) is 3.39. The Morgan fingerprint density at radius 3 is 2.45 bits per heavy atom. The third-order valence-electron chi connectivity index (χ3n) is 1.19. The largest absolute Gasteiger partial charge is 1.00 e. The van der Waals surface area contributed by atoms with Gasteiger partial charge in [0.15, 0.2) is 0 Å². The molecule has 0 radical (unpaired) electrons. The van der Waals surface area contributed by atoms with Gasteiger partial charge in [-0.25, -0.2) is 0 Å². The van der Waals surface area contributed by atoms with Crippen LogP contribution in [-0.4, -0.2) is 0 Å². The molecule has 1 aromatic carbocycles. The summed E-state index contributed by atoms with van der Waals surface area (Å²) in [4.78, 5) is 9.62. The molecule has 0 aliphatic heterocycles. The Bertz CT molecular complexity index is 203. The second-order valence-corrected chi connectivity index (χ2v) is 1.91. The van der Waals surface area contributed by atoms with Crippen LogP contribution in [0, 0.1) is 4.91 Å². The standard InChI is InChI=1S/C7H8N2O.K/c10-9-8-6-7-4-2-1-3-5-7;/h1-5H,6H2,(H,8,10);/q;+1. The van der Waals surface area contributed by atoms with Gasteiger partial charge in [-0.2, -0.15) is 0 Å². The third kappa shape index (κ3) is 4.65. The van der Waals surface area contributed by atoms with Gasteiger partial charge in [0.1, 0.15) is 0 Å². The molecule has 1 rings (SSSR count). The van der Waals surface area contributed by atoms with Crippen LogP contribution in [0.2, 0.25) is 0 Å². The molecule has 0 unspecified atom stereocenters. The van der Waals surface area contributed by atoms with Crippen LogP contribution in [0.25, 0.3) is 0 Å². The summed E-state index contributed by atoms with van der Waals surface area (Å²) in [6.45, 7) is 0.504. The topological polar surface area (TPSA) is 41.5 Å². The van der Waals surface area contributed by atoms with E-state index in [9.17, 15) is 4.91 Å². The summed E-state index contributed by atoms with van der Waals surface area (Å²) < 4.78 is 0. The Kier molecular flexibility index (Phi) is 7.10. The molecule has 1 N–H and O–H groups in total. The average molecular weight is 175 g/mol. The monoisotopic (exact) mass is 175 g/mol. The first-order chi connectivity index (χ1) is 4.93. The zero-order valence-electron chi connectivity index (χ0n) is 6.45. The SMILES string of the molecule is O=NNCc1ccccc1.[K+]. The predicted octanol–water partition coefficient (Wildman–Crippen LogP) is -1.54. The van der Waals surface area contributed by atoms with Crippen LogP contribution in [0.4, 0.5) is 0 Å². The second-order valence-electron chi connectivity index (χ2n) is 1.91. The van der Waals surface area contributed by atoms with Crippen molar-refractivity contribution in [2.75, 3.05) is 0 Å². The van der Waals surface area contributed by atoms with Crippen LogP contribution in [-0.2, 0) is 6.54 Å². The van der Waals surface area contributed by atoms with Gasteiger partial charge in [0.05, 0.1) is 6.54 Å². The Morgan fingerprint density at radius 2 is 1.91 bits per heavy atom. The summed E-state index contributed by atoms with van der Waals surface area (Å²) in [6.07, 6.45) is 0. The molecule has 0 aliphatic carbocycles. The molecular formula is C7H8KN2O+. The third-order valence-corrected chi connectivity index (χ3v) is 1.19. The van der Waals surface area contributed by atoms with Gasteiger partial charge in [-0.1, -0.05) is 30.3 Å². The molecule has 0 bridgehead atoms. The summed E-state index contributed by atoms with van der Waals surface area (Å²) in [6, 6.07) is 9.62. The molecule has 0 fully saturated rings. The van der Waals surface area contributed by atoms with Gasteiger partial charge in [0, 0.05) is 5.29 Å². The molecule has 0 aromatic heterocycles. The Morgan fingerprint density at radius 1 is 1.27 bits per heavy atom. The molecule has 1 aromatic rings. The minimum absolute atomic E-state index is 0.